The first-order chi connectivity index (χ1) is 8.14. The van der Waals surface area contributed by atoms with Crippen LogP contribution in [0.2, 0.25) is 0 Å². The van der Waals surface area contributed by atoms with Gasteiger partial charge in [-0.15, -0.1) is 0 Å². The van der Waals surface area contributed by atoms with Crippen molar-refractivity contribution in [3.63, 3.8) is 0 Å². The van der Waals surface area contributed by atoms with E-state index in [2.05, 4.69) is 19.2 Å². The SMILES string of the molecule is CCCC(CC)NC1(C(=O)O)CCCCCC1. The molecule has 1 saturated carbocycles. The van der Waals surface area contributed by atoms with Crippen LogP contribution in [-0.2, 0) is 4.79 Å². The maximum atomic E-state index is 11.6. The Hall–Kier alpha value is -0.570. The van der Waals surface area contributed by atoms with E-state index in [1.807, 2.05) is 0 Å². The van der Waals surface area contributed by atoms with E-state index in [1.54, 1.807) is 0 Å². The lowest BCUT2D eigenvalue weighted by atomic mass is 9.88. The van der Waals surface area contributed by atoms with Crippen molar-refractivity contribution in [3.8, 4) is 0 Å². The van der Waals surface area contributed by atoms with Crippen molar-refractivity contribution < 1.29 is 9.90 Å². The highest BCUT2D eigenvalue weighted by Gasteiger charge is 2.39. The molecule has 3 nitrogen and oxygen atoms in total. The van der Waals surface area contributed by atoms with Gasteiger partial charge in [0.1, 0.15) is 5.54 Å². The molecule has 0 heterocycles. The van der Waals surface area contributed by atoms with E-state index in [9.17, 15) is 9.90 Å². The third-order valence-corrected chi connectivity index (χ3v) is 3.98. The standard InChI is InChI=1S/C14H27NO2/c1-3-9-12(4-2)15-14(13(16)17)10-7-5-6-8-11-14/h12,15H,3-11H2,1-2H3,(H,16,17). The molecule has 1 atom stereocenters. The monoisotopic (exact) mass is 241 g/mol. The van der Waals surface area contributed by atoms with Crippen molar-refractivity contribution in [3.05, 3.63) is 0 Å². The van der Waals surface area contributed by atoms with Gasteiger partial charge in [0.15, 0.2) is 0 Å². The molecule has 0 radical (unpaired) electrons. The molecule has 1 aliphatic carbocycles. The third-order valence-electron chi connectivity index (χ3n) is 3.98. The highest BCUT2D eigenvalue weighted by atomic mass is 16.4. The predicted molar refractivity (Wildman–Crippen MR) is 70.2 cm³/mol. The van der Waals surface area contributed by atoms with E-state index in [0.29, 0.717) is 6.04 Å². The summed E-state index contributed by atoms with van der Waals surface area (Å²) in [7, 11) is 0. The van der Waals surface area contributed by atoms with Crippen molar-refractivity contribution >= 4 is 5.97 Å². The quantitative estimate of drug-likeness (QED) is 0.701. The fourth-order valence-electron chi connectivity index (χ4n) is 2.87. The van der Waals surface area contributed by atoms with E-state index in [-0.39, 0.29) is 0 Å². The van der Waals surface area contributed by atoms with Gasteiger partial charge in [0.25, 0.3) is 0 Å². The largest absolute Gasteiger partial charge is 0.480 e. The fraction of sp³-hybridized carbons (Fsp3) is 0.929. The average Bonchev–Trinajstić information content (AvgIpc) is 2.55. The van der Waals surface area contributed by atoms with Gasteiger partial charge in [0.2, 0.25) is 0 Å². The van der Waals surface area contributed by atoms with Crippen LogP contribution in [0.3, 0.4) is 0 Å². The summed E-state index contributed by atoms with van der Waals surface area (Å²) in [6.45, 7) is 4.30. The lowest BCUT2D eigenvalue weighted by molar-refractivity contribution is -0.146. The predicted octanol–water partition coefficient (Wildman–Crippen LogP) is 3.33. The minimum Gasteiger partial charge on any atom is -0.480 e. The number of rotatable bonds is 6. The highest BCUT2D eigenvalue weighted by molar-refractivity contribution is 5.78. The number of nitrogens with one attached hydrogen (secondary N) is 1. The Morgan fingerprint density at radius 1 is 1.24 bits per heavy atom. The first kappa shape index (κ1) is 14.5. The molecule has 0 aliphatic heterocycles. The molecule has 100 valence electrons. The molecule has 2 N–H and O–H groups in total. The lowest BCUT2D eigenvalue weighted by Crippen LogP contribution is -2.55. The zero-order valence-corrected chi connectivity index (χ0v) is 11.3. The highest BCUT2D eigenvalue weighted by Crippen LogP contribution is 2.28. The topological polar surface area (TPSA) is 49.3 Å². The summed E-state index contributed by atoms with van der Waals surface area (Å²) in [6, 6.07) is 0.356. The first-order valence-corrected chi connectivity index (χ1v) is 7.15. The molecule has 17 heavy (non-hydrogen) atoms. The summed E-state index contributed by atoms with van der Waals surface area (Å²) in [4.78, 5) is 11.6. The maximum absolute atomic E-state index is 11.6. The molecule has 0 saturated heterocycles. The van der Waals surface area contributed by atoms with E-state index in [4.69, 9.17) is 0 Å². The van der Waals surface area contributed by atoms with Crippen molar-refractivity contribution in [2.45, 2.75) is 83.2 Å². The van der Waals surface area contributed by atoms with Crippen LogP contribution in [0, 0.1) is 0 Å². The van der Waals surface area contributed by atoms with Gasteiger partial charge in [-0.1, -0.05) is 46.0 Å². The van der Waals surface area contributed by atoms with Gasteiger partial charge >= 0.3 is 5.97 Å². The lowest BCUT2D eigenvalue weighted by Gasteiger charge is -2.33. The van der Waals surface area contributed by atoms with Gasteiger partial charge in [0.05, 0.1) is 0 Å². The molecule has 0 bridgehead atoms. The van der Waals surface area contributed by atoms with Gasteiger partial charge in [-0.05, 0) is 25.7 Å². The molecule has 1 aliphatic rings. The van der Waals surface area contributed by atoms with Gasteiger partial charge in [0, 0.05) is 6.04 Å². The second-order valence-corrected chi connectivity index (χ2v) is 5.34. The van der Waals surface area contributed by atoms with Gasteiger partial charge in [-0.2, -0.15) is 0 Å². The molecule has 0 amide bonds. The summed E-state index contributed by atoms with van der Waals surface area (Å²) in [5, 5.41) is 13.0. The molecule has 1 unspecified atom stereocenters. The fourth-order valence-corrected chi connectivity index (χ4v) is 2.87. The summed E-state index contributed by atoms with van der Waals surface area (Å²) < 4.78 is 0. The first-order valence-electron chi connectivity index (χ1n) is 7.15. The van der Waals surface area contributed by atoms with Crippen LogP contribution in [0.1, 0.15) is 71.6 Å². The Labute approximate surface area is 105 Å². The van der Waals surface area contributed by atoms with Crippen LogP contribution in [-0.4, -0.2) is 22.7 Å². The number of hydrogen-bond donors (Lipinski definition) is 2. The molecule has 0 aromatic heterocycles. The van der Waals surface area contributed by atoms with Crippen LogP contribution < -0.4 is 5.32 Å². The maximum Gasteiger partial charge on any atom is 0.323 e. The van der Waals surface area contributed by atoms with Crippen LogP contribution in [0.5, 0.6) is 0 Å². The molecule has 1 fully saturated rings. The number of hydrogen-bond acceptors (Lipinski definition) is 2. The Bertz CT molecular complexity index is 232. The number of carboxylic acids is 1. The molecule has 0 aromatic rings. The second kappa shape index (κ2) is 7.00. The summed E-state index contributed by atoms with van der Waals surface area (Å²) in [6.07, 6.45) is 9.24. The molecule has 0 aromatic carbocycles. The van der Waals surface area contributed by atoms with Crippen LogP contribution in [0.4, 0.5) is 0 Å². The van der Waals surface area contributed by atoms with E-state index < -0.39 is 11.5 Å². The summed E-state index contributed by atoms with van der Waals surface area (Å²) in [5.41, 5.74) is -0.646. The molecular formula is C14H27NO2. The zero-order chi connectivity index (χ0) is 12.7. The molecule has 3 heteroatoms. The summed E-state index contributed by atoms with van der Waals surface area (Å²) in [5.74, 6) is -0.644. The number of carboxylic acid groups (broad SMARTS) is 1. The number of aliphatic carboxylic acids is 1. The molecule has 0 spiro atoms. The van der Waals surface area contributed by atoms with Gasteiger partial charge < -0.3 is 5.11 Å². The average molecular weight is 241 g/mol. The normalized spacial score (nSPS) is 21.8. The van der Waals surface area contributed by atoms with Crippen LogP contribution >= 0.6 is 0 Å². The summed E-state index contributed by atoms with van der Waals surface area (Å²) >= 11 is 0. The Morgan fingerprint density at radius 2 is 1.82 bits per heavy atom. The van der Waals surface area contributed by atoms with Crippen LogP contribution in [0.25, 0.3) is 0 Å². The van der Waals surface area contributed by atoms with Crippen molar-refractivity contribution in [2.24, 2.45) is 0 Å². The van der Waals surface area contributed by atoms with Crippen molar-refractivity contribution in [1.82, 2.24) is 5.32 Å². The van der Waals surface area contributed by atoms with E-state index >= 15 is 0 Å². The minimum absolute atomic E-state index is 0.356. The van der Waals surface area contributed by atoms with Gasteiger partial charge in [-0.25, -0.2) is 0 Å². The zero-order valence-electron chi connectivity index (χ0n) is 11.3. The van der Waals surface area contributed by atoms with E-state index in [1.165, 1.54) is 12.8 Å². The third kappa shape index (κ3) is 3.98. The Balaban J connectivity index is 2.71. The molecule has 1 rings (SSSR count). The smallest absolute Gasteiger partial charge is 0.323 e. The van der Waals surface area contributed by atoms with Crippen molar-refractivity contribution in [1.29, 1.82) is 0 Å². The molecular weight excluding hydrogens is 214 g/mol. The van der Waals surface area contributed by atoms with E-state index in [0.717, 1.165) is 44.9 Å². The van der Waals surface area contributed by atoms with Crippen molar-refractivity contribution in [2.75, 3.05) is 0 Å². The van der Waals surface area contributed by atoms with Gasteiger partial charge in [-0.3, -0.25) is 10.1 Å². The van der Waals surface area contributed by atoms with Crippen LogP contribution in [0.15, 0.2) is 0 Å². The second-order valence-electron chi connectivity index (χ2n) is 5.34. The Morgan fingerprint density at radius 3 is 2.24 bits per heavy atom. The minimum atomic E-state index is -0.646. The Kier molecular flexibility index (Phi) is 5.96. The number of carbonyl (C=O) groups is 1.